The molecule has 12 heteroatoms. The highest BCUT2D eigenvalue weighted by Crippen LogP contribution is 1.93. The van der Waals surface area contributed by atoms with Gasteiger partial charge in [-0.1, -0.05) is 0 Å². The first-order valence-corrected chi connectivity index (χ1v) is 6.01. The summed E-state index contributed by atoms with van der Waals surface area (Å²) in [6.45, 7) is 3.12. The van der Waals surface area contributed by atoms with E-state index in [2.05, 4.69) is 0 Å². The topological polar surface area (TPSA) is 236 Å². The molecule has 0 aromatic carbocycles. The third-order valence-electron chi connectivity index (χ3n) is 0.945. The molecule has 0 aromatic rings. The second kappa shape index (κ2) is 23.0. The Labute approximate surface area is 138 Å². The molecule has 0 fully saturated rings. The third kappa shape index (κ3) is 153. The Morgan fingerprint density at radius 3 is 0.708 bits per heavy atom. The van der Waals surface area contributed by atoms with E-state index in [1.54, 1.807) is 0 Å². The van der Waals surface area contributed by atoms with Crippen LogP contribution in [0.4, 0.5) is 0 Å². The molecular weight excluding hydrogens is 334 g/mol. The van der Waals surface area contributed by atoms with Crippen molar-refractivity contribution in [1.29, 1.82) is 0 Å². The van der Waals surface area contributed by atoms with Crippen LogP contribution in [0.15, 0.2) is 0 Å². The normalized spacial score (nSPS) is 8.17. The molecule has 0 radical (unpaired) electrons. The maximum atomic E-state index is 9.00. The minimum absolute atomic E-state index is 0.403. The van der Waals surface area contributed by atoms with E-state index in [4.69, 9.17) is 60.7 Å². The lowest BCUT2D eigenvalue weighted by Crippen LogP contribution is -2.50. The van der Waals surface area contributed by atoms with Gasteiger partial charge >= 0.3 is 0 Å². The fraction of sp³-hybridized carbons (Fsp3) is 0.667. The smallest absolute Gasteiger partial charge is 0.300 e. The molecule has 0 saturated heterocycles. The van der Waals surface area contributed by atoms with E-state index in [1.165, 1.54) is 0 Å². The van der Waals surface area contributed by atoms with Crippen molar-refractivity contribution in [3.8, 4) is 0 Å². The number of carbonyl (C=O) groups is 4. The van der Waals surface area contributed by atoms with Crippen LogP contribution in [0, 0.1) is 0 Å². The molecule has 0 unspecified atom stereocenters. The zero-order chi connectivity index (χ0) is 20.9. The maximum absolute atomic E-state index is 9.00. The monoisotopic (exact) mass is 361 g/mol. The van der Waals surface area contributed by atoms with Crippen molar-refractivity contribution >= 4 is 23.9 Å². The van der Waals surface area contributed by atoms with E-state index >= 15 is 0 Å². The van der Waals surface area contributed by atoms with Gasteiger partial charge in [0.1, 0.15) is 0 Å². The largest absolute Gasteiger partial charge is 0.481 e. The third-order valence-corrected chi connectivity index (χ3v) is 0.945. The van der Waals surface area contributed by atoms with Crippen molar-refractivity contribution in [3.05, 3.63) is 0 Å². The van der Waals surface area contributed by atoms with Crippen LogP contribution in [-0.2, 0) is 19.2 Å². The van der Waals surface area contributed by atoms with E-state index in [-0.39, 0.29) is 0 Å². The molecule has 9 N–H and O–H groups in total. The van der Waals surface area contributed by atoms with Crippen LogP contribution < -0.4 is 5.73 Å². The first-order chi connectivity index (χ1) is 10.6. The van der Waals surface area contributed by atoms with Crippen LogP contribution in [0.2, 0.25) is 0 Å². The van der Waals surface area contributed by atoms with Crippen LogP contribution in [0.3, 0.4) is 0 Å². The minimum Gasteiger partial charge on any atom is -0.481 e. The molecule has 0 spiro atoms. The van der Waals surface area contributed by atoms with Gasteiger partial charge in [-0.15, -0.1) is 0 Å². The van der Waals surface area contributed by atoms with Crippen molar-refractivity contribution in [1.82, 2.24) is 0 Å². The molecule has 0 rings (SSSR count). The number of aliphatic hydroxyl groups is 3. The van der Waals surface area contributed by atoms with Gasteiger partial charge < -0.3 is 41.5 Å². The fourth-order valence-corrected chi connectivity index (χ4v) is 0.150. The Bertz CT molecular complexity index is 268. The SMILES string of the molecule is CC(=O)O.CC(=O)O.CC(=O)O.CC(=O)O.NC(CO)(CO)CO. The zero-order valence-corrected chi connectivity index (χ0v) is 14.0. The van der Waals surface area contributed by atoms with Crippen molar-refractivity contribution < 1.29 is 54.9 Å². The van der Waals surface area contributed by atoms with Crippen molar-refractivity contribution in [2.24, 2.45) is 5.73 Å². The van der Waals surface area contributed by atoms with E-state index in [1.807, 2.05) is 0 Å². The Morgan fingerprint density at radius 2 is 0.708 bits per heavy atom. The summed E-state index contributed by atoms with van der Waals surface area (Å²) in [5, 5.41) is 54.7. The molecule has 0 aliphatic carbocycles. The Kier molecular flexibility index (Phi) is 32.0. The number of rotatable bonds is 3. The van der Waals surface area contributed by atoms with Crippen LogP contribution >= 0.6 is 0 Å². The van der Waals surface area contributed by atoms with E-state index in [0.717, 1.165) is 27.7 Å². The maximum Gasteiger partial charge on any atom is 0.300 e. The molecule has 0 atom stereocenters. The molecule has 0 heterocycles. The molecule has 12 nitrogen and oxygen atoms in total. The number of aliphatic carboxylic acids is 4. The van der Waals surface area contributed by atoms with Gasteiger partial charge in [-0.2, -0.15) is 0 Å². The second-order valence-corrected chi connectivity index (χ2v) is 3.91. The molecule has 24 heavy (non-hydrogen) atoms. The molecule has 146 valence electrons. The predicted octanol–water partition coefficient (Wildman–Crippen LogP) is -1.98. The lowest BCUT2D eigenvalue weighted by atomic mass is 10.1. The van der Waals surface area contributed by atoms with E-state index in [0.29, 0.717) is 0 Å². The van der Waals surface area contributed by atoms with Gasteiger partial charge in [0.05, 0.1) is 25.4 Å². The van der Waals surface area contributed by atoms with Gasteiger partial charge in [-0.25, -0.2) is 0 Å². The molecule has 0 amide bonds. The summed E-state index contributed by atoms with van der Waals surface area (Å²) in [5.74, 6) is -3.33. The molecule has 0 aliphatic heterocycles. The predicted molar refractivity (Wildman–Crippen MR) is 81.4 cm³/mol. The van der Waals surface area contributed by atoms with Crippen LogP contribution in [0.5, 0.6) is 0 Å². The highest BCUT2D eigenvalue weighted by atomic mass is 16.4. The van der Waals surface area contributed by atoms with Crippen LogP contribution in [0.1, 0.15) is 27.7 Å². The van der Waals surface area contributed by atoms with Gasteiger partial charge in [0.2, 0.25) is 0 Å². The second-order valence-electron chi connectivity index (χ2n) is 3.91. The van der Waals surface area contributed by atoms with Gasteiger partial charge in [0.25, 0.3) is 23.9 Å². The summed E-state index contributed by atoms with van der Waals surface area (Å²) in [6, 6.07) is 0. The summed E-state index contributed by atoms with van der Waals surface area (Å²) in [6.07, 6.45) is 0. The molecule has 0 aromatic heterocycles. The number of carboxylic acids is 4. The highest BCUT2D eigenvalue weighted by Gasteiger charge is 2.20. The first-order valence-electron chi connectivity index (χ1n) is 6.01. The summed E-state index contributed by atoms with van der Waals surface area (Å²) in [7, 11) is 0. The fourth-order valence-electron chi connectivity index (χ4n) is 0.150. The summed E-state index contributed by atoms with van der Waals surface area (Å²) in [4.78, 5) is 36.0. The highest BCUT2D eigenvalue weighted by molar-refractivity contribution is 5.63. The van der Waals surface area contributed by atoms with Crippen molar-refractivity contribution in [2.45, 2.75) is 33.2 Å². The lowest BCUT2D eigenvalue weighted by molar-refractivity contribution is -0.135. The average Bonchev–Trinajstić information content (AvgIpc) is 2.35. The van der Waals surface area contributed by atoms with Gasteiger partial charge in [-0.3, -0.25) is 19.2 Å². The van der Waals surface area contributed by atoms with Gasteiger partial charge in [0.15, 0.2) is 0 Å². The standard InChI is InChI=1S/C4H11NO3.4C2H4O2/c5-4(1-6,2-7)3-8;4*1-2(3)4/h6-8H,1-3,5H2;4*1H3,(H,3,4). The number of carboxylic acid groups (broad SMARTS) is 4. The number of nitrogens with two attached hydrogens (primary N) is 1. The zero-order valence-electron chi connectivity index (χ0n) is 14.0. The number of aliphatic hydroxyl groups excluding tert-OH is 3. The van der Waals surface area contributed by atoms with E-state index < -0.39 is 49.2 Å². The summed E-state index contributed by atoms with van der Waals surface area (Å²) < 4.78 is 0. The molecule has 0 bridgehead atoms. The van der Waals surface area contributed by atoms with Crippen molar-refractivity contribution in [3.63, 3.8) is 0 Å². The quantitative estimate of drug-likeness (QED) is 0.273. The summed E-state index contributed by atoms with van der Waals surface area (Å²) in [5.41, 5.74) is 3.94. The number of hydrogen-bond donors (Lipinski definition) is 8. The van der Waals surface area contributed by atoms with Crippen LogP contribution in [0.25, 0.3) is 0 Å². The summed E-state index contributed by atoms with van der Waals surface area (Å²) >= 11 is 0. The Morgan fingerprint density at radius 1 is 0.625 bits per heavy atom. The Balaban J connectivity index is -0.0000000657. The molecule has 0 saturated carbocycles. The minimum atomic E-state index is -1.21. The Hall–Kier alpha value is -2.28. The first kappa shape index (κ1) is 33.4. The van der Waals surface area contributed by atoms with Gasteiger partial charge in [-0.05, 0) is 0 Å². The van der Waals surface area contributed by atoms with Crippen molar-refractivity contribution in [2.75, 3.05) is 19.8 Å². The lowest BCUT2D eigenvalue weighted by Gasteiger charge is -2.20. The number of hydrogen-bond acceptors (Lipinski definition) is 8. The van der Waals surface area contributed by atoms with Crippen LogP contribution in [-0.4, -0.2) is 85.0 Å². The average molecular weight is 361 g/mol. The molecule has 0 aliphatic rings. The van der Waals surface area contributed by atoms with E-state index in [9.17, 15) is 0 Å². The molecular formula is C12H27NO11. The van der Waals surface area contributed by atoms with Gasteiger partial charge in [0, 0.05) is 27.7 Å².